The molecule has 37 heavy (non-hydrogen) atoms. The number of ether oxygens (including phenoxy) is 2. The second kappa shape index (κ2) is 12.0. The van der Waals surface area contributed by atoms with E-state index in [2.05, 4.69) is 20.5 Å². The fourth-order valence-electron chi connectivity index (χ4n) is 5.67. The van der Waals surface area contributed by atoms with Crippen LogP contribution in [0.25, 0.3) is 0 Å². The van der Waals surface area contributed by atoms with Crippen molar-refractivity contribution in [1.29, 1.82) is 0 Å². The summed E-state index contributed by atoms with van der Waals surface area (Å²) in [4.78, 5) is 31.6. The van der Waals surface area contributed by atoms with Crippen LogP contribution in [0, 0.1) is 0 Å². The maximum atomic E-state index is 12.7. The number of aromatic nitrogens is 1. The topological polar surface area (TPSA) is 113 Å². The summed E-state index contributed by atoms with van der Waals surface area (Å²) in [5.41, 5.74) is 2.56. The molecule has 0 spiro atoms. The molecular weight excluding hydrogens is 472 g/mol. The fourth-order valence-corrected chi connectivity index (χ4v) is 5.67. The Morgan fingerprint density at radius 1 is 1.08 bits per heavy atom. The number of carbonyl (C=O) groups excluding carboxylic acids is 2. The van der Waals surface area contributed by atoms with Gasteiger partial charge in [-0.3, -0.25) is 14.6 Å². The summed E-state index contributed by atoms with van der Waals surface area (Å²) in [7, 11) is 0. The molecule has 0 unspecified atom stereocenters. The summed E-state index contributed by atoms with van der Waals surface area (Å²) < 4.78 is 12.2. The Morgan fingerprint density at radius 2 is 1.89 bits per heavy atom. The first-order valence-corrected chi connectivity index (χ1v) is 13.3. The molecule has 9 heteroatoms. The lowest BCUT2D eigenvalue weighted by molar-refractivity contribution is -0.142. The van der Waals surface area contributed by atoms with Crippen molar-refractivity contribution in [2.24, 2.45) is 0 Å². The van der Waals surface area contributed by atoms with Gasteiger partial charge in [0.1, 0.15) is 18.0 Å². The number of fused-ring (bicyclic) bond motifs is 3. The highest BCUT2D eigenvalue weighted by atomic mass is 16.6. The summed E-state index contributed by atoms with van der Waals surface area (Å²) in [5.74, 6) is 0.564. The van der Waals surface area contributed by atoms with Gasteiger partial charge in [0.2, 0.25) is 11.8 Å². The number of aliphatic hydroxyl groups excluding tert-OH is 1. The molecule has 2 fully saturated rings. The van der Waals surface area contributed by atoms with E-state index in [4.69, 9.17) is 9.47 Å². The molecule has 1 aromatic carbocycles. The minimum atomic E-state index is -0.512. The van der Waals surface area contributed by atoms with Crippen LogP contribution >= 0.6 is 0 Å². The second-order valence-electron chi connectivity index (χ2n) is 10.2. The Labute approximate surface area is 217 Å². The van der Waals surface area contributed by atoms with Crippen LogP contribution in [0.2, 0.25) is 0 Å². The van der Waals surface area contributed by atoms with E-state index in [0.29, 0.717) is 18.7 Å². The Morgan fingerprint density at radius 3 is 2.68 bits per heavy atom. The maximum Gasteiger partial charge on any atom is 0.228 e. The molecule has 0 radical (unpaired) electrons. The van der Waals surface area contributed by atoms with Crippen LogP contribution in [-0.4, -0.2) is 77.9 Å². The third-order valence-electron chi connectivity index (χ3n) is 7.51. The van der Waals surface area contributed by atoms with Gasteiger partial charge in [-0.2, -0.15) is 0 Å². The summed E-state index contributed by atoms with van der Waals surface area (Å²) in [5, 5.41) is 16.0. The number of carbonyl (C=O) groups is 2. The summed E-state index contributed by atoms with van der Waals surface area (Å²) >= 11 is 0. The van der Waals surface area contributed by atoms with Gasteiger partial charge in [0.25, 0.3) is 0 Å². The predicted molar refractivity (Wildman–Crippen MR) is 138 cm³/mol. The predicted octanol–water partition coefficient (Wildman–Crippen LogP) is 2.25. The van der Waals surface area contributed by atoms with Crippen LogP contribution in [-0.2, 0) is 20.7 Å². The van der Waals surface area contributed by atoms with E-state index < -0.39 is 6.10 Å². The van der Waals surface area contributed by atoms with Crippen molar-refractivity contribution < 1.29 is 24.2 Å². The number of benzene rings is 1. The number of anilines is 1. The molecule has 5 rings (SSSR count). The highest BCUT2D eigenvalue weighted by Crippen LogP contribution is 2.47. The number of amides is 2. The third-order valence-corrected chi connectivity index (χ3v) is 7.51. The first kappa shape index (κ1) is 25.6. The molecule has 9 nitrogen and oxygen atoms in total. The molecule has 3 aliphatic rings. The first-order valence-electron chi connectivity index (χ1n) is 13.3. The van der Waals surface area contributed by atoms with Gasteiger partial charge in [-0.05, 0) is 68.2 Å². The van der Waals surface area contributed by atoms with Gasteiger partial charge in [0.15, 0.2) is 0 Å². The van der Waals surface area contributed by atoms with Crippen LogP contribution in [0.4, 0.5) is 5.69 Å². The van der Waals surface area contributed by atoms with Crippen molar-refractivity contribution in [3.05, 3.63) is 53.9 Å². The van der Waals surface area contributed by atoms with E-state index in [0.717, 1.165) is 36.5 Å². The van der Waals surface area contributed by atoms with E-state index in [-0.39, 0.29) is 49.4 Å². The average molecular weight is 509 g/mol. The van der Waals surface area contributed by atoms with Gasteiger partial charge in [0, 0.05) is 42.7 Å². The molecule has 0 bridgehead atoms. The number of rotatable bonds is 9. The van der Waals surface area contributed by atoms with E-state index in [1.54, 1.807) is 12.4 Å². The van der Waals surface area contributed by atoms with Crippen LogP contribution in [0.3, 0.4) is 0 Å². The molecule has 4 atom stereocenters. The van der Waals surface area contributed by atoms with E-state index in [9.17, 15) is 14.7 Å². The van der Waals surface area contributed by atoms with Gasteiger partial charge < -0.3 is 30.1 Å². The lowest BCUT2D eigenvalue weighted by atomic mass is 9.84. The largest absolute Gasteiger partial charge is 0.487 e. The zero-order valence-corrected chi connectivity index (χ0v) is 21.1. The first-order chi connectivity index (χ1) is 18.1. The van der Waals surface area contributed by atoms with Crippen molar-refractivity contribution in [3.8, 4) is 5.75 Å². The molecule has 4 heterocycles. The molecule has 3 N–H and O–H groups in total. The molecule has 0 saturated carbocycles. The second-order valence-corrected chi connectivity index (χ2v) is 10.2. The Kier molecular flexibility index (Phi) is 8.33. The zero-order chi connectivity index (χ0) is 25.6. The number of hydrogen-bond donors (Lipinski definition) is 3. The van der Waals surface area contributed by atoms with Gasteiger partial charge in [-0.15, -0.1) is 0 Å². The van der Waals surface area contributed by atoms with E-state index >= 15 is 0 Å². The summed E-state index contributed by atoms with van der Waals surface area (Å²) in [6, 6.07) is 9.26. The summed E-state index contributed by atoms with van der Waals surface area (Å²) in [6.07, 6.45) is 7.08. The molecule has 2 saturated heterocycles. The third kappa shape index (κ3) is 6.47. The highest BCUT2D eigenvalue weighted by molar-refractivity contribution is 5.92. The van der Waals surface area contributed by atoms with Gasteiger partial charge in [-0.1, -0.05) is 6.42 Å². The average Bonchev–Trinajstić information content (AvgIpc) is 3.27. The number of likely N-dealkylation sites (tertiary alicyclic amines) is 1. The SMILES string of the molecule is O=C(C[C@H]1C[C@@H]2c3cc(NC(=O)Cc4ccncc4)ccc3O[C@@H]2[C@@H](CO)O1)NCCN1CCCCC1. The smallest absolute Gasteiger partial charge is 0.228 e. The van der Waals surface area contributed by atoms with Crippen LogP contribution in [0.5, 0.6) is 5.75 Å². The molecule has 198 valence electrons. The zero-order valence-electron chi connectivity index (χ0n) is 21.1. The van der Waals surface area contributed by atoms with Crippen molar-refractivity contribution >= 4 is 17.5 Å². The minimum Gasteiger partial charge on any atom is -0.487 e. The standard InChI is InChI=1S/C28H36N4O5/c33-18-25-28-23(16-21(36-25)17-26(34)30-10-13-32-11-2-1-3-12-32)22-15-20(4-5-24(22)37-28)31-27(35)14-19-6-8-29-9-7-19/h4-9,15,21,23,25,28,33H,1-3,10-14,16-18H2,(H,30,34)(H,31,35)/t21-,23-,25-,28+/m1/s1. The minimum absolute atomic E-state index is 0.0240. The monoisotopic (exact) mass is 508 g/mol. The molecule has 2 amide bonds. The fraction of sp³-hybridized carbons (Fsp3) is 0.536. The van der Waals surface area contributed by atoms with Gasteiger partial charge >= 0.3 is 0 Å². The lowest BCUT2D eigenvalue weighted by Gasteiger charge is -2.37. The number of piperidine rings is 1. The van der Waals surface area contributed by atoms with E-state index in [1.807, 2.05) is 30.3 Å². The number of nitrogens with one attached hydrogen (secondary N) is 2. The molecular formula is C28H36N4O5. The maximum absolute atomic E-state index is 12.7. The number of hydrogen-bond acceptors (Lipinski definition) is 7. The molecule has 2 aromatic rings. The van der Waals surface area contributed by atoms with Crippen molar-refractivity contribution in [3.63, 3.8) is 0 Å². The van der Waals surface area contributed by atoms with Gasteiger partial charge in [-0.25, -0.2) is 0 Å². The van der Waals surface area contributed by atoms with Crippen LogP contribution in [0.1, 0.15) is 49.1 Å². The number of pyridine rings is 1. The van der Waals surface area contributed by atoms with Gasteiger partial charge in [0.05, 0.1) is 25.6 Å². The van der Waals surface area contributed by atoms with Crippen molar-refractivity contribution in [1.82, 2.24) is 15.2 Å². The molecule has 3 aliphatic heterocycles. The Hall–Kier alpha value is -3.01. The normalized spacial score (nSPS) is 25.0. The van der Waals surface area contributed by atoms with Crippen molar-refractivity contribution in [2.75, 3.05) is 38.1 Å². The summed E-state index contributed by atoms with van der Waals surface area (Å²) in [6.45, 7) is 3.54. The number of aliphatic hydroxyl groups is 1. The molecule has 0 aliphatic carbocycles. The number of nitrogens with zero attached hydrogens (tertiary/aromatic N) is 2. The van der Waals surface area contributed by atoms with E-state index in [1.165, 1.54) is 19.3 Å². The van der Waals surface area contributed by atoms with Crippen LogP contribution < -0.4 is 15.4 Å². The molecule has 1 aromatic heterocycles. The lowest BCUT2D eigenvalue weighted by Crippen LogP contribution is -2.47. The Balaban J connectivity index is 1.18. The van der Waals surface area contributed by atoms with Crippen LogP contribution in [0.15, 0.2) is 42.7 Å². The highest BCUT2D eigenvalue weighted by Gasteiger charge is 2.46. The quantitative estimate of drug-likeness (QED) is 0.476. The van der Waals surface area contributed by atoms with Crippen molar-refractivity contribution in [2.45, 2.75) is 62.8 Å². The Bertz CT molecular complexity index is 1080.